The normalized spacial score (nSPS) is 14.3. The molecule has 4 heteroatoms. The van der Waals surface area contributed by atoms with Crippen molar-refractivity contribution in [2.24, 2.45) is 11.7 Å². The number of thiazole rings is 1. The highest BCUT2D eigenvalue weighted by Crippen LogP contribution is 2.30. The lowest BCUT2D eigenvalue weighted by atomic mass is 10.0. The molecule has 0 aliphatic heterocycles. The van der Waals surface area contributed by atoms with E-state index in [1.165, 1.54) is 0 Å². The van der Waals surface area contributed by atoms with Crippen LogP contribution >= 0.6 is 11.3 Å². The van der Waals surface area contributed by atoms with Crippen molar-refractivity contribution < 1.29 is 4.74 Å². The molecule has 0 aromatic carbocycles. The zero-order valence-corrected chi connectivity index (χ0v) is 12.3. The van der Waals surface area contributed by atoms with Crippen LogP contribution in [-0.2, 0) is 10.3 Å². The number of nitrogens with zero attached hydrogens (tertiary/aromatic N) is 1. The van der Waals surface area contributed by atoms with Gasteiger partial charge in [0.05, 0.1) is 5.69 Å². The summed E-state index contributed by atoms with van der Waals surface area (Å²) in [7, 11) is 0. The van der Waals surface area contributed by atoms with Crippen LogP contribution in [0.15, 0.2) is 5.38 Å². The van der Waals surface area contributed by atoms with Gasteiger partial charge in [-0.2, -0.15) is 0 Å². The zero-order valence-electron chi connectivity index (χ0n) is 11.5. The maximum atomic E-state index is 6.13. The van der Waals surface area contributed by atoms with Gasteiger partial charge in [-0.3, -0.25) is 0 Å². The van der Waals surface area contributed by atoms with E-state index in [4.69, 9.17) is 10.5 Å². The molecular weight excluding hydrogens is 232 g/mol. The number of nitrogens with two attached hydrogens (primary N) is 1. The van der Waals surface area contributed by atoms with Crippen molar-refractivity contribution in [2.45, 2.75) is 52.7 Å². The molecule has 0 amide bonds. The van der Waals surface area contributed by atoms with E-state index in [2.05, 4.69) is 24.2 Å². The molecule has 0 saturated heterocycles. The van der Waals surface area contributed by atoms with Crippen molar-refractivity contribution in [1.82, 2.24) is 4.98 Å². The first kappa shape index (κ1) is 14.6. The van der Waals surface area contributed by atoms with Crippen molar-refractivity contribution >= 4 is 11.3 Å². The lowest BCUT2D eigenvalue weighted by Gasteiger charge is -2.21. The summed E-state index contributed by atoms with van der Waals surface area (Å²) >= 11 is 1.64. The first-order valence-electron chi connectivity index (χ1n) is 6.22. The fourth-order valence-electron chi connectivity index (χ4n) is 1.78. The second-order valence-electron chi connectivity index (χ2n) is 5.26. The van der Waals surface area contributed by atoms with Gasteiger partial charge >= 0.3 is 0 Å². The van der Waals surface area contributed by atoms with E-state index in [9.17, 15) is 0 Å². The molecule has 0 saturated carbocycles. The molecule has 2 N–H and O–H groups in total. The Morgan fingerprint density at radius 3 is 2.65 bits per heavy atom. The van der Waals surface area contributed by atoms with Gasteiger partial charge in [-0.05, 0) is 33.1 Å². The lowest BCUT2D eigenvalue weighted by molar-refractivity contribution is -0.0142. The van der Waals surface area contributed by atoms with Gasteiger partial charge in [-0.1, -0.05) is 13.8 Å². The summed E-state index contributed by atoms with van der Waals surface area (Å²) in [5.41, 5.74) is 6.81. The fraction of sp³-hybridized carbons (Fsp3) is 0.769. The quantitative estimate of drug-likeness (QED) is 0.848. The predicted octanol–water partition coefficient (Wildman–Crippen LogP) is 3.46. The molecule has 1 rings (SSSR count). The van der Waals surface area contributed by atoms with Crippen molar-refractivity contribution in [3.8, 4) is 0 Å². The highest BCUT2D eigenvalue weighted by molar-refractivity contribution is 7.09. The van der Waals surface area contributed by atoms with Gasteiger partial charge < -0.3 is 10.5 Å². The minimum absolute atomic E-state index is 0.0393. The number of rotatable bonds is 6. The molecule has 0 aliphatic rings. The van der Waals surface area contributed by atoms with Crippen LogP contribution in [0.25, 0.3) is 0 Å². The fourth-order valence-corrected chi connectivity index (χ4v) is 2.74. The van der Waals surface area contributed by atoms with Gasteiger partial charge in [-0.15, -0.1) is 11.3 Å². The Bertz CT molecular complexity index is 347. The number of hydrogen-bond acceptors (Lipinski definition) is 4. The summed E-state index contributed by atoms with van der Waals surface area (Å²) in [6.45, 7) is 11.1. The number of ether oxygens (including phenoxy) is 1. The van der Waals surface area contributed by atoms with Crippen molar-refractivity contribution in [2.75, 3.05) is 6.61 Å². The SMILES string of the molecule is CCOC(C)(C)c1nc(C(N)CC(C)C)cs1. The number of aromatic nitrogens is 1. The molecule has 3 nitrogen and oxygen atoms in total. The minimum atomic E-state index is -0.310. The Morgan fingerprint density at radius 2 is 2.12 bits per heavy atom. The van der Waals surface area contributed by atoms with E-state index in [-0.39, 0.29) is 11.6 Å². The van der Waals surface area contributed by atoms with E-state index in [0.29, 0.717) is 12.5 Å². The average molecular weight is 256 g/mol. The van der Waals surface area contributed by atoms with Crippen LogP contribution in [0, 0.1) is 5.92 Å². The summed E-state index contributed by atoms with van der Waals surface area (Å²) in [6, 6.07) is 0.0393. The van der Waals surface area contributed by atoms with Gasteiger partial charge in [0.15, 0.2) is 0 Å². The summed E-state index contributed by atoms with van der Waals surface area (Å²) in [5, 5.41) is 3.07. The second kappa shape index (κ2) is 5.94. The third kappa shape index (κ3) is 4.05. The van der Waals surface area contributed by atoms with Crippen molar-refractivity contribution in [1.29, 1.82) is 0 Å². The molecule has 0 aliphatic carbocycles. The van der Waals surface area contributed by atoms with Crippen LogP contribution in [0.1, 0.15) is 57.8 Å². The number of hydrogen-bond donors (Lipinski definition) is 1. The Morgan fingerprint density at radius 1 is 1.47 bits per heavy atom. The maximum Gasteiger partial charge on any atom is 0.124 e. The molecule has 0 bridgehead atoms. The first-order valence-corrected chi connectivity index (χ1v) is 7.10. The van der Waals surface area contributed by atoms with Gasteiger partial charge in [0.25, 0.3) is 0 Å². The van der Waals surface area contributed by atoms with Gasteiger partial charge in [0.1, 0.15) is 10.6 Å². The molecule has 0 radical (unpaired) electrons. The Balaban J connectivity index is 2.77. The van der Waals surface area contributed by atoms with Gasteiger partial charge in [0, 0.05) is 18.0 Å². The second-order valence-corrected chi connectivity index (χ2v) is 6.11. The van der Waals surface area contributed by atoms with Crippen molar-refractivity contribution in [3.63, 3.8) is 0 Å². The molecule has 1 atom stereocenters. The molecule has 0 spiro atoms. The largest absolute Gasteiger partial charge is 0.369 e. The van der Waals surface area contributed by atoms with Crippen LogP contribution < -0.4 is 5.73 Å². The molecule has 17 heavy (non-hydrogen) atoms. The topological polar surface area (TPSA) is 48.1 Å². The van der Waals surface area contributed by atoms with Crippen LogP contribution in [0.3, 0.4) is 0 Å². The summed E-state index contributed by atoms with van der Waals surface area (Å²) in [5.74, 6) is 0.593. The first-order chi connectivity index (χ1) is 7.86. The Hall–Kier alpha value is -0.450. The van der Waals surface area contributed by atoms with E-state index >= 15 is 0 Å². The smallest absolute Gasteiger partial charge is 0.124 e. The standard InChI is InChI=1S/C13H24N2OS/c1-6-16-13(4,5)12-15-11(8-17-12)10(14)7-9(2)3/h8-10H,6-7,14H2,1-5H3. The summed E-state index contributed by atoms with van der Waals surface area (Å²) in [4.78, 5) is 4.62. The monoisotopic (exact) mass is 256 g/mol. The molecule has 1 aromatic rings. The van der Waals surface area contributed by atoms with Gasteiger partial charge in [-0.25, -0.2) is 4.98 Å². The van der Waals surface area contributed by atoms with E-state index in [0.717, 1.165) is 17.1 Å². The molecule has 1 heterocycles. The Kier molecular flexibility index (Phi) is 5.10. The highest BCUT2D eigenvalue weighted by Gasteiger charge is 2.25. The average Bonchev–Trinajstić information content (AvgIpc) is 2.65. The van der Waals surface area contributed by atoms with Gasteiger partial charge in [0.2, 0.25) is 0 Å². The predicted molar refractivity (Wildman–Crippen MR) is 73.1 cm³/mol. The van der Waals surface area contributed by atoms with Crippen LogP contribution in [0.4, 0.5) is 0 Å². The van der Waals surface area contributed by atoms with Crippen LogP contribution in [-0.4, -0.2) is 11.6 Å². The lowest BCUT2D eigenvalue weighted by Crippen LogP contribution is -2.22. The van der Waals surface area contributed by atoms with E-state index in [1.807, 2.05) is 20.8 Å². The third-order valence-electron chi connectivity index (χ3n) is 2.65. The zero-order chi connectivity index (χ0) is 13.1. The van der Waals surface area contributed by atoms with E-state index in [1.54, 1.807) is 11.3 Å². The molecule has 1 aromatic heterocycles. The molecule has 98 valence electrons. The minimum Gasteiger partial charge on any atom is -0.369 e. The van der Waals surface area contributed by atoms with Crippen LogP contribution in [0.5, 0.6) is 0 Å². The molecular formula is C13H24N2OS. The molecule has 1 unspecified atom stereocenters. The van der Waals surface area contributed by atoms with Crippen molar-refractivity contribution in [3.05, 3.63) is 16.1 Å². The molecule has 0 fully saturated rings. The van der Waals surface area contributed by atoms with Crippen LogP contribution in [0.2, 0.25) is 0 Å². The van der Waals surface area contributed by atoms with E-state index < -0.39 is 0 Å². The summed E-state index contributed by atoms with van der Waals surface area (Å²) in [6.07, 6.45) is 0.970. The summed E-state index contributed by atoms with van der Waals surface area (Å²) < 4.78 is 5.70. The maximum absolute atomic E-state index is 6.13. The third-order valence-corrected chi connectivity index (χ3v) is 3.81. The highest BCUT2D eigenvalue weighted by atomic mass is 32.1. The Labute approximate surface area is 108 Å².